The first kappa shape index (κ1) is 13.9. The Morgan fingerprint density at radius 2 is 1.62 bits per heavy atom. The SMILES string of the molecule is FC(F)(F)Sc1cncc(I)c1C(F)(F)F. The number of nitrogens with zero attached hydrogens (tertiary/aromatic N) is 1. The van der Waals surface area contributed by atoms with Crippen LogP contribution in [0.5, 0.6) is 0 Å². The maximum absolute atomic E-state index is 12.5. The van der Waals surface area contributed by atoms with Gasteiger partial charge < -0.3 is 0 Å². The fourth-order valence-corrected chi connectivity index (χ4v) is 2.53. The Bertz CT molecular complexity index is 387. The molecule has 1 aromatic heterocycles. The summed E-state index contributed by atoms with van der Waals surface area (Å²) in [4.78, 5) is 2.38. The Hall–Kier alpha value is -0.190. The van der Waals surface area contributed by atoms with Crippen molar-refractivity contribution in [1.29, 1.82) is 0 Å². The lowest BCUT2D eigenvalue weighted by molar-refractivity contribution is -0.140. The molecule has 0 saturated carbocycles. The van der Waals surface area contributed by atoms with Crippen LogP contribution in [0.4, 0.5) is 26.3 Å². The number of aromatic nitrogens is 1. The molecular formula is C7H2F6INS. The maximum atomic E-state index is 12.5. The summed E-state index contributed by atoms with van der Waals surface area (Å²) in [6, 6.07) is 0. The summed E-state index contributed by atoms with van der Waals surface area (Å²) in [6.45, 7) is 0. The van der Waals surface area contributed by atoms with Crippen molar-refractivity contribution >= 4 is 34.4 Å². The van der Waals surface area contributed by atoms with Gasteiger partial charge in [-0.05, 0) is 34.4 Å². The van der Waals surface area contributed by atoms with Gasteiger partial charge >= 0.3 is 11.7 Å². The number of alkyl halides is 6. The van der Waals surface area contributed by atoms with Gasteiger partial charge in [0.25, 0.3) is 0 Å². The summed E-state index contributed by atoms with van der Waals surface area (Å²) in [7, 11) is 0. The van der Waals surface area contributed by atoms with Gasteiger partial charge in [-0.25, -0.2) is 0 Å². The van der Waals surface area contributed by atoms with Gasteiger partial charge in [0.2, 0.25) is 0 Å². The molecule has 1 heterocycles. The van der Waals surface area contributed by atoms with Crippen LogP contribution in [0, 0.1) is 3.57 Å². The highest BCUT2D eigenvalue weighted by atomic mass is 127. The first-order chi connectivity index (χ1) is 7.11. The molecular weight excluding hydrogens is 371 g/mol. The number of halogens is 7. The molecule has 0 aliphatic rings. The van der Waals surface area contributed by atoms with E-state index in [1.54, 1.807) is 0 Å². The first-order valence-electron chi connectivity index (χ1n) is 3.57. The van der Waals surface area contributed by atoms with Crippen molar-refractivity contribution in [2.75, 3.05) is 0 Å². The first-order valence-corrected chi connectivity index (χ1v) is 5.47. The monoisotopic (exact) mass is 373 g/mol. The Morgan fingerprint density at radius 1 is 1.06 bits per heavy atom. The summed E-state index contributed by atoms with van der Waals surface area (Å²) in [5.41, 5.74) is -6.07. The van der Waals surface area contributed by atoms with Gasteiger partial charge in [0.05, 0.1) is 5.56 Å². The second kappa shape index (κ2) is 4.59. The summed E-state index contributed by atoms with van der Waals surface area (Å²) >= 11 is 0.481. The van der Waals surface area contributed by atoms with E-state index >= 15 is 0 Å². The molecule has 0 aromatic carbocycles. The molecule has 0 saturated heterocycles. The van der Waals surface area contributed by atoms with Crippen LogP contribution in [0.1, 0.15) is 5.56 Å². The van der Waals surface area contributed by atoms with Crippen LogP contribution >= 0.6 is 34.4 Å². The van der Waals surface area contributed by atoms with Gasteiger partial charge in [-0.2, -0.15) is 26.3 Å². The molecule has 0 amide bonds. The predicted molar refractivity (Wildman–Crippen MR) is 53.9 cm³/mol. The van der Waals surface area contributed by atoms with Crippen molar-refractivity contribution in [3.05, 3.63) is 21.5 Å². The number of pyridine rings is 1. The van der Waals surface area contributed by atoms with E-state index < -0.39 is 33.9 Å². The minimum Gasteiger partial charge on any atom is -0.262 e. The standard InChI is InChI=1S/C7H2F6INS/c8-6(9,10)5-3(14)1-15-2-4(5)16-7(11,12)13/h1-2H. The smallest absolute Gasteiger partial charge is 0.262 e. The van der Waals surface area contributed by atoms with Crippen molar-refractivity contribution < 1.29 is 26.3 Å². The minimum atomic E-state index is -4.83. The van der Waals surface area contributed by atoms with Crippen molar-refractivity contribution in [3.8, 4) is 0 Å². The van der Waals surface area contributed by atoms with Crippen LogP contribution < -0.4 is 0 Å². The summed E-state index contributed by atoms with van der Waals surface area (Å²) in [5.74, 6) is 0. The van der Waals surface area contributed by atoms with E-state index in [2.05, 4.69) is 4.98 Å². The number of hydrogen-bond acceptors (Lipinski definition) is 2. The fourth-order valence-electron chi connectivity index (χ4n) is 0.894. The van der Waals surface area contributed by atoms with Gasteiger partial charge in [0, 0.05) is 20.9 Å². The maximum Gasteiger partial charge on any atom is 0.446 e. The predicted octanol–water partition coefficient (Wildman–Crippen LogP) is 4.32. The molecule has 9 heteroatoms. The van der Waals surface area contributed by atoms with Gasteiger partial charge in [-0.3, -0.25) is 4.98 Å². The Balaban J connectivity index is 3.24. The van der Waals surface area contributed by atoms with Crippen molar-refractivity contribution in [2.45, 2.75) is 16.6 Å². The van der Waals surface area contributed by atoms with Gasteiger partial charge in [-0.1, -0.05) is 0 Å². The molecule has 0 bridgehead atoms. The number of rotatable bonds is 1. The molecule has 0 atom stereocenters. The summed E-state index contributed by atoms with van der Waals surface area (Å²) in [6.07, 6.45) is -3.40. The van der Waals surface area contributed by atoms with Crippen molar-refractivity contribution in [1.82, 2.24) is 4.98 Å². The highest BCUT2D eigenvalue weighted by molar-refractivity contribution is 14.1. The zero-order chi connectivity index (χ0) is 12.6. The van der Waals surface area contributed by atoms with E-state index in [0.717, 1.165) is 6.20 Å². The molecule has 1 aromatic rings. The molecule has 0 fully saturated rings. The fraction of sp³-hybridized carbons (Fsp3) is 0.286. The average molecular weight is 373 g/mol. The lowest BCUT2D eigenvalue weighted by Gasteiger charge is -2.14. The lowest BCUT2D eigenvalue weighted by atomic mass is 10.2. The molecule has 0 aliphatic carbocycles. The zero-order valence-electron chi connectivity index (χ0n) is 7.16. The van der Waals surface area contributed by atoms with E-state index in [1.165, 1.54) is 22.6 Å². The minimum absolute atomic E-state index is 0.362. The molecule has 1 rings (SSSR count). The topological polar surface area (TPSA) is 12.9 Å². The van der Waals surface area contributed by atoms with E-state index in [9.17, 15) is 26.3 Å². The molecule has 0 aliphatic heterocycles. The molecule has 0 radical (unpaired) electrons. The summed E-state index contributed by atoms with van der Waals surface area (Å²) < 4.78 is 73.1. The number of hydrogen-bond donors (Lipinski definition) is 0. The van der Waals surface area contributed by atoms with E-state index in [-0.39, 0.29) is 3.57 Å². The van der Waals surface area contributed by atoms with Gasteiger partial charge in [-0.15, -0.1) is 0 Å². The average Bonchev–Trinajstić information content (AvgIpc) is 1.97. The molecule has 16 heavy (non-hydrogen) atoms. The van der Waals surface area contributed by atoms with Gasteiger partial charge in [0.15, 0.2) is 0 Å². The third-order valence-electron chi connectivity index (χ3n) is 1.37. The van der Waals surface area contributed by atoms with Crippen LogP contribution in [0.3, 0.4) is 0 Å². The van der Waals surface area contributed by atoms with Crippen LogP contribution in [-0.2, 0) is 6.18 Å². The molecule has 0 spiro atoms. The Morgan fingerprint density at radius 3 is 2.06 bits per heavy atom. The van der Waals surface area contributed by atoms with E-state index in [1.807, 2.05) is 0 Å². The molecule has 0 N–H and O–H groups in total. The van der Waals surface area contributed by atoms with E-state index in [4.69, 9.17) is 0 Å². The van der Waals surface area contributed by atoms with E-state index in [0.29, 0.717) is 6.20 Å². The second-order valence-electron chi connectivity index (χ2n) is 2.54. The van der Waals surface area contributed by atoms with Crippen LogP contribution in [0.15, 0.2) is 17.3 Å². The van der Waals surface area contributed by atoms with Crippen LogP contribution in [0.2, 0.25) is 0 Å². The quantitative estimate of drug-likeness (QED) is 0.413. The Kier molecular flexibility index (Phi) is 3.98. The Labute approximate surface area is 104 Å². The highest BCUT2D eigenvalue weighted by Crippen LogP contribution is 2.44. The largest absolute Gasteiger partial charge is 0.446 e. The third kappa shape index (κ3) is 3.68. The summed E-state index contributed by atoms with van der Waals surface area (Å²) in [5, 5.41) is 0. The zero-order valence-corrected chi connectivity index (χ0v) is 10.1. The normalized spacial score (nSPS) is 12.9. The third-order valence-corrected chi connectivity index (χ3v) is 2.95. The highest BCUT2D eigenvalue weighted by Gasteiger charge is 2.40. The molecule has 0 unspecified atom stereocenters. The van der Waals surface area contributed by atoms with Crippen LogP contribution in [0.25, 0.3) is 0 Å². The number of thioether (sulfide) groups is 1. The molecule has 1 nitrogen and oxygen atoms in total. The molecule has 90 valence electrons. The van der Waals surface area contributed by atoms with Crippen LogP contribution in [-0.4, -0.2) is 10.5 Å². The van der Waals surface area contributed by atoms with Crippen molar-refractivity contribution in [3.63, 3.8) is 0 Å². The lowest BCUT2D eigenvalue weighted by Crippen LogP contribution is -2.12. The van der Waals surface area contributed by atoms with Crippen molar-refractivity contribution in [2.24, 2.45) is 0 Å². The van der Waals surface area contributed by atoms with Gasteiger partial charge in [0.1, 0.15) is 0 Å². The second-order valence-corrected chi connectivity index (χ2v) is 4.81.